The molecule has 84 valence electrons. The van der Waals surface area contributed by atoms with Gasteiger partial charge in [-0.15, -0.1) is 0 Å². The first kappa shape index (κ1) is 9.48. The molecule has 0 N–H and O–H groups in total. The Morgan fingerprint density at radius 1 is 1.06 bits per heavy atom. The molecule has 0 unspecified atom stereocenters. The highest BCUT2D eigenvalue weighted by atomic mass is 16.1. The van der Waals surface area contributed by atoms with E-state index in [0.717, 1.165) is 27.2 Å². The van der Waals surface area contributed by atoms with E-state index in [4.69, 9.17) is 0 Å². The Balaban J connectivity index is 2.34. The molecule has 1 aliphatic rings. The zero-order valence-corrected chi connectivity index (χ0v) is 9.42. The highest BCUT2D eigenvalue weighted by Gasteiger charge is 2.18. The summed E-state index contributed by atoms with van der Waals surface area (Å²) in [5, 5.41) is 11.2. The van der Waals surface area contributed by atoms with Crippen LogP contribution in [0.15, 0.2) is 42.6 Å². The number of aromatic nitrogens is 2. The summed E-state index contributed by atoms with van der Waals surface area (Å²) in [4.78, 5) is 11.9. The molecule has 0 radical (unpaired) electrons. The Bertz CT molecular complexity index is 850. The van der Waals surface area contributed by atoms with Crippen molar-refractivity contribution in [2.45, 2.75) is 0 Å². The Kier molecular flexibility index (Phi) is 1.70. The number of benzene rings is 2. The molecule has 0 aliphatic heterocycles. The van der Waals surface area contributed by atoms with Crippen molar-refractivity contribution in [2.75, 3.05) is 0 Å². The smallest absolute Gasteiger partial charge is 0.188 e. The molecule has 0 saturated carbocycles. The predicted octanol–water partition coefficient (Wildman–Crippen LogP) is 2.99. The lowest BCUT2D eigenvalue weighted by Crippen LogP contribution is -2.04. The van der Waals surface area contributed by atoms with E-state index >= 15 is 0 Å². The molecule has 0 atom stereocenters. The Morgan fingerprint density at radius 2 is 1.94 bits per heavy atom. The first-order valence-electron chi connectivity index (χ1n) is 5.74. The van der Waals surface area contributed by atoms with E-state index in [-0.39, 0.29) is 5.78 Å². The summed E-state index contributed by atoms with van der Waals surface area (Å²) >= 11 is 0. The minimum atomic E-state index is -0.00215. The van der Waals surface area contributed by atoms with Gasteiger partial charge in [0.1, 0.15) is 0 Å². The van der Waals surface area contributed by atoms with Crippen molar-refractivity contribution < 1.29 is 4.79 Å². The average Bonchev–Trinajstić information content (AvgIpc) is 2.42. The third kappa shape index (κ3) is 1.10. The third-order valence-corrected chi connectivity index (χ3v) is 3.36. The van der Waals surface area contributed by atoms with Gasteiger partial charge in [0.05, 0.1) is 17.3 Å². The van der Waals surface area contributed by atoms with E-state index in [1.807, 2.05) is 30.3 Å². The van der Waals surface area contributed by atoms with Crippen LogP contribution < -0.4 is 0 Å². The van der Waals surface area contributed by atoms with Crippen LogP contribution in [0.5, 0.6) is 0 Å². The van der Waals surface area contributed by atoms with E-state index < -0.39 is 0 Å². The maximum Gasteiger partial charge on any atom is 0.188 e. The van der Waals surface area contributed by atoms with Crippen LogP contribution in [0.2, 0.25) is 0 Å². The number of allylic oxidation sites excluding steroid dienone is 1. The number of fused-ring (bicyclic) bond motifs is 2. The van der Waals surface area contributed by atoms with Crippen LogP contribution in [0, 0.1) is 0 Å². The van der Waals surface area contributed by atoms with Gasteiger partial charge in [-0.25, -0.2) is 0 Å². The van der Waals surface area contributed by atoms with Crippen molar-refractivity contribution in [3.8, 4) is 0 Å². The summed E-state index contributed by atoms with van der Waals surface area (Å²) in [6.07, 6.45) is 5.03. The van der Waals surface area contributed by atoms with E-state index in [2.05, 4.69) is 16.3 Å². The fourth-order valence-electron chi connectivity index (χ4n) is 2.54. The van der Waals surface area contributed by atoms with Gasteiger partial charge in [0.15, 0.2) is 5.78 Å². The number of hydrogen-bond acceptors (Lipinski definition) is 3. The molecule has 18 heavy (non-hydrogen) atoms. The van der Waals surface area contributed by atoms with E-state index in [0.29, 0.717) is 5.56 Å². The molecule has 1 aromatic heterocycles. The molecule has 0 spiro atoms. The molecule has 0 saturated heterocycles. The highest BCUT2D eigenvalue weighted by Crippen LogP contribution is 2.32. The molecule has 1 aliphatic carbocycles. The molecule has 0 amide bonds. The number of carbonyl (C=O) groups is 1. The Labute approximate surface area is 103 Å². The van der Waals surface area contributed by atoms with Gasteiger partial charge in [-0.2, -0.15) is 10.2 Å². The van der Waals surface area contributed by atoms with Gasteiger partial charge in [-0.3, -0.25) is 4.79 Å². The standard InChI is InChI=1S/C15H8N2O/c18-14-6-5-11-10-4-2-1-3-9(10)7-13-15(11)12(14)8-16-17-13/h1-8H. The van der Waals surface area contributed by atoms with Crippen LogP contribution in [0.1, 0.15) is 15.9 Å². The monoisotopic (exact) mass is 232 g/mol. The lowest BCUT2D eigenvalue weighted by Gasteiger charge is -2.13. The van der Waals surface area contributed by atoms with Gasteiger partial charge in [0.2, 0.25) is 0 Å². The van der Waals surface area contributed by atoms with Crippen molar-refractivity contribution >= 4 is 33.5 Å². The van der Waals surface area contributed by atoms with E-state index in [1.54, 1.807) is 12.3 Å². The van der Waals surface area contributed by atoms with Crippen molar-refractivity contribution in [1.82, 2.24) is 10.2 Å². The van der Waals surface area contributed by atoms with Crippen LogP contribution >= 0.6 is 0 Å². The molecular formula is C15H8N2O. The second kappa shape index (κ2) is 3.23. The molecule has 2 aromatic carbocycles. The van der Waals surface area contributed by atoms with Gasteiger partial charge in [0.25, 0.3) is 0 Å². The second-order valence-electron chi connectivity index (χ2n) is 4.36. The van der Waals surface area contributed by atoms with Crippen LogP contribution in [-0.4, -0.2) is 16.0 Å². The van der Waals surface area contributed by atoms with Crippen LogP contribution in [0.3, 0.4) is 0 Å². The van der Waals surface area contributed by atoms with Crippen molar-refractivity contribution in [2.24, 2.45) is 0 Å². The fourth-order valence-corrected chi connectivity index (χ4v) is 2.54. The molecule has 3 aromatic rings. The molecule has 4 rings (SSSR count). The first-order valence-corrected chi connectivity index (χ1v) is 5.74. The van der Waals surface area contributed by atoms with Crippen molar-refractivity contribution in [1.29, 1.82) is 0 Å². The summed E-state index contributed by atoms with van der Waals surface area (Å²) in [5.74, 6) is -0.00215. The quantitative estimate of drug-likeness (QED) is 0.559. The summed E-state index contributed by atoms with van der Waals surface area (Å²) in [5.41, 5.74) is 2.48. The van der Waals surface area contributed by atoms with Crippen molar-refractivity contribution in [3.05, 3.63) is 53.7 Å². The normalized spacial score (nSPS) is 13.4. The number of hydrogen-bond donors (Lipinski definition) is 0. The Hall–Kier alpha value is -2.55. The van der Waals surface area contributed by atoms with Gasteiger partial charge < -0.3 is 0 Å². The summed E-state index contributed by atoms with van der Waals surface area (Å²) in [6, 6.07) is 10.1. The molecule has 3 heteroatoms. The van der Waals surface area contributed by atoms with Gasteiger partial charge in [-0.05, 0) is 34.6 Å². The minimum Gasteiger partial charge on any atom is -0.289 e. The molecular weight excluding hydrogens is 224 g/mol. The van der Waals surface area contributed by atoms with E-state index in [9.17, 15) is 4.79 Å². The maximum absolute atomic E-state index is 11.9. The SMILES string of the molecule is O=C1C=Cc2c3ccccc3cc3nncc1c23. The lowest BCUT2D eigenvalue weighted by molar-refractivity contribution is 0.104. The topological polar surface area (TPSA) is 42.9 Å². The third-order valence-electron chi connectivity index (χ3n) is 3.36. The second-order valence-corrected chi connectivity index (χ2v) is 4.36. The van der Waals surface area contributed by atoms with Crippen molar-refractivity contribution in [3.63, 3.8) is 0 Å². The molecule has 0 bridgehead atoms. The summed E-state index contributed by atoms with van der Waals surface area (Å²) in [7, 11) is 0. The number of rotatable bonds is 0. The zero-order chi connectivity index (χ0) is 12.1. The zero-order valence-electron chi connectivity index (χ0n) is 9.42. The number of ketones is 1. The fraction of sp³-hybridized carbons (Fsp3) is 0. The number of nitrogens with zero attached hydrogens (tertiary/aromatic N) is 2. The largest absolute Gasteiger partial charge is 0.289 e. The van der Waals surface area contributed by atoms with Gasteiger partial charge >= 0.3 is 0 Å². The lowest BCUT2D eigenvalue weighted by atomic mass is 9.92. The van der Waals surface area contributed by atoms with Crippen LogP contribution in [0.4, 0.5) is 0 Å². The van der Waals surface area contributed by atoms with Crippen LogP contribution in [0.25, 0.3) is 27.8 Å². The predicted molar refractivity (Wildman–Crippen MR) is 70.4 cm³/mol. The van der Waals surface area contributed by atoms with Gasteiger partial charge in [-0.1, -0.05) is 24.3 Å². The van der Waals surface area contributed by atoms with E-state index in [1.165, 1.54) is 0 Å². The van der Waals surface area contributed by atoms with Gasteiger partial charge in [0, 0.05) is 5.39 Å². The Morgan fingerprint density at radius 3 is 2.89 bits per heavy atom. The van der Waals surface area contributed by atoms with Crippen LogP contribution in [-0.2, 0) is 0 Å². The molecule has 1 heterocycles. The highest BCUT2D eigenvalue weighted by molar-refractivity contribution is 6.22. The molecule has 0 fully saturated rings. The molecule has 3 nitrogen and oxygen atoms in total. The minimum absolute atomic E-state index is 0.00215. The summed E-state index contributed by atoms with van der Waals surface area (Å²) in [6.45, 7) is 0. The summed E-state index contributed by atoms with van der Waals surface area (Å²) < 4.78 is 0. The first-order chi connectivity index (χ1) is 8.84. The average molecular weight is 232 g/mol. The number of carbonyl (C=O) groups excluding carboxylic acids is 1. The maximum atomic E-state index is 11.9.